The minimum Gasteiger partial charge on any atom is -0.478 e. The van der Waals surface area contributed by atoms with Crippen molar-refractivity contribution in [1.82, 2.24) is 0 Å². The second-order valence-electron chi connectivity index (χ2n) is 2.82. The molecule has 1 aromatic carbocycles. The van der Waals surface area contributed by atoms with E-state index in [0.29, 0.717) is 11.4 Å². The molecule has 0 unspecified atom stereocenters. The number of carbonyl (C=O) groups excluding carboxylic acids is 1. The topological polar surface area (TPSA) is 75.6 Å². The number of hydrogen-bond donors (Lipinski definition) is 2. The number of rotatable bonds is 1. The Morgan fingerprint density at radius 2 is 2.14 bits per heavy atom. The van der Waals surface area contributed by atoms with E-state index in [4.69, 9.17) is 9.84 Å². The van der Waals surface area contributed by atoms with Crippen molar-refractivity contribution in [1.29, 1.82) is 0 Å². The molecule has 2 N–H and O–H groups in total. The van der Waals surface area contributed by atoms with Crippen LogP contribution in [-0.2, 0) is 9.59 Å². The molecule has 14 heavy (non-hydrogen) atoms. The van der Waals surface area contributed by atoms with Gasteiger partial charge in [-0.15, -0.1) is 0 Å². The van der Waals surface area contributed by atoms with Gasteiger partial charge in [-0.1, -0.05) is 12.1 Å². The lowest BCUT2D eigenvalue weighted by atomic mass is 10.2. The number of carbonyl (C=O) groups is 2. The van der Waals surface area contributed by atoms with Crippen LogP contribution in [0.1, 0.15) is 0 Å². The molecule has 0 aliphatic carbocycles. The molecule has 5 heteroatoms. The lowest BCUT2D eigenvalue weighted by molar-refractivity contribution is -0.149. The van der Waals surface area contributed by atoms with Crippen molar-refractivity contribution in [2.24, 2.45) is 0 Å². The van der Waals surface area contributed by atoms with Crippen LogP contribution >= 0.6 is 0 Å². The third-order valence-corrected chi connectivity index (χ3v) is 1.85. The molecule has 0 saturated carbocycles. The van der Waals surface area contributed by atoms with E-state index in [0.717, 1.165) is 0 Å². The zero-order valence-electron chi connectivity index (χ0n) is 7.06. The molecule has 1 aromatic rings. The van der Waals surface area contributed by atoms with Gasteiger partial charge < -0.3 is 15.2 Å². The lowest BCUT2D eigenvalue weighted by Gasteiger charge is -2.22. The van der Waals surface area contributed by atoms with Crippen LogP contribution in [0.4, 0.5) is 5.69 Å². The summed E-state index contributed by atoms with van der Waals surface area (Å²) >= 11 is 0. The Bertz CT molecular complexity index is 402. The fourth-order valence-electron chi connectivity index (χ4n) is 1.21. The van der Waals surface area contributed by atoms with Gasteiger partial charge in [-0.3, -0.25) is 4.79 Å². The highest BCUT2D eigenvalue weighted by Crippen LogP contribution is 2.28. The van der Waals surface area contributed by atoms with E-state index in [1.54, 1.807) is 24.3 Å². The van der Waals surface area contributed by atoms with Crippen LogP contribution in [0.25, 0.3) is 0 Å². The molecule has 1 atom stereocenters. The van der Waals surface area contributed by atoms with E-state index in [1.807, 2.05) is 0 Å². The van der Waals surface area contributed by atoms with Gasteiger partial charge in [-0.05, 0) is 12.1 Å². The maximum Gasteiger partial charge on any atom is 0.354 e. The molecule has 0 saturated heterocycles. The first kappa shape index (κ1) is 8.55. The molecule has 0 aromatic heterocycles. The van der Waals surface area contributed by atoms with Gasteiger partial charge in [-0.25, -0.2) is 4.79 Å². The zero-order valence-corrected chi connectivity index (χ0v) is 7.06. The summed E-state index contributed by atoms with van der Waals surface area (Å²) in [6, 6.07) is 6.68. The van der Waals surface area contributed by atoms with Gasteiger partial charge in [0.05, 0.1) is 5.69 Å². The summed E-state index contributed by atoms with van der Waals surface area (Å²) < 4.78 is 4.99. The number of ether oxygens (including phenoxy) is 1. The van der Waals surface area contributed by atoms with Gasteiger partial charge in [-0.2, -0.15) is 0 Å². The Balaban J connectivity index is 2.36. The van der Waals surface area contributed by atoms with Crippen molar-refractivity contribution in [2.75, 3.05) is 5.32 Å². The number of hydrogen-bond acceptors (Lipinski definition) is 3. The standard InChI is InChI=1S/C9H7NO4/c11-8-7(9(12)13)14-6-4-2-1-3-5(6)10-8/h1-4,7H,(H,10,11)(H,12,13)/t7-/m0/s1. The molecule has 72 valence electrons. The summed E-state index contributed by atoms with van der Waals surface area (Å²) in [6.07, 6.45) is -1.45. The number of carboxylic acid groups (broad SMARTS) is 1. The minimum atomic E-state index is -1.45. The fourth-order valence-corrected chi connectivity index (χ4v) is 1.21. The molecule has 1 aliphatic heterocycles. The molecule has 1 heterocycles. The quantitative estimate of drug-likeness (QED) is 0.635. The number of nitrogens with one attached hydrogen (secondary N) is 1. The highest BCUT2D eigenvalue weighted by atomic mass is 16.5. The van der Waals surface area contributed by atoms with Crippen LogP contribution in [0.15, 0.2) is 24.3 Å². The highest BCUT2D eigenvalue weighted by molar-refractivity contribution is 6.09. The minimum absolute atomic E-state index is 0.375. The first-order chi connectivity index (χ1) is 6.68. The SMILES string of the molecule is O=C(O)[C@H]1Oc2ccccc2NC1=O. The van der Waals surface area contributed by atoms with Crippen molar-refractivity contribution in [3.63, 3.8) is 0 Å². The van der Waals surface area contributed by atoms with Crippen molar-refractivity contribution in [3.05, 3.63) is 24.3 Å². The van der Waals surface area contributed by atoms with E-state index in [-0.39, 0.29) is 0 Å². The Morgan fingerprint density at radius 3 is 2.86 bits per heavy atom. The normalized spacial score (nSPS) is 19.1. The van der Waals surface area contributed by atoms with Gasteiger partial charge in [0.1, 0.15) is 5.75 Å². The molecule has 1 aliphatic rings. The largest absolute Gasteiger partial charge is 0.478 e. The van der Waals surface area contributed by atoms with Crippen molar-refractivity contribution >= 4 is 17.6 Å². The molecular weight excluding hydrogens is 186 g/mol. The summed E-state index contributed by atoms with van der Waals surface area (Å²) in [4.78, 5) is 21.8. The third kappa shape index (κ3) is 1.28. The Hall–Kier alpha value is -2.04. The van der Waals surface area contributed by atoms with E-state index in [2.05, 4.69) is 5.32 Å². The van der Waals surface area contributed by atoms with Crippen LogP contribution in [-0.4, -0.2) is 23.1 Å². The summed E-state index contributed by atoms with van der Waals surface area (Å²) in [5, 5.41) is 11.1. The number of para-hydroxylation sites is 2. The number of fused-ring (bicyclic) bond motifs is 1. The number of anilines is 1. The smallest absolute Gasteiger partial charge is 0.354 e. The molecule has 1 amide bonds. The predicted molar refractivity (Wildman–Crippen MR) is 47.1 cm³/mol. The van der Waals surface area contributed by atoms with Gasteiger partial charge in [0.25, 0.3) is 12.0 Å². The summed E-state index contributed by atoms with van der Waals surface area (Å²) in [6.45, 7) is 0. The van der Waals surface area contributed by atoms with Crippen LogP contribution in [0.3, 0.4) is 0 Å². The molecule has 0 radical (unpaired) electrons. The number of carboxylic acids is 1. The average Bonchev–Trinajstić information content (AvgIpc) is 2.16. The monoisotopic (exact) mass is 193 g/mol. The first-order valence-electron chi connectivity index (χ1n) is 3.98. The maximum atomic E-state index is 11.2. The van der Waals surface area contributed by atoms with Gasteiger partial charge in [0.2, 0.25) is 0 Å². The van der Waals surface area contributed by atoms with Crippen molar-refractivity contribution < 1.29 is 19.4 Å². The second kappa shape index (κ2) is 3.02. The van der Waals surface area contributed by atoms with Crippen LogP contribution in [0.2, 0.25) is 0 Å². The van der Waals surface area contributed by atoms with E-state index in [9.17, 15) is 9.59 Å². The Morgan fingerprint density at radius 1 is 1.43 bits per heavy atom. The average molecular weight is 193 g/mol. The predicted octanol–water partition coefficient (Wildman–Crippen LogP) is 0.471. The maximum absolute atomic E-state index is 11.2. The van der Waals surface area contributed by atoms with Gasteiger partial charge >= 0.3 is 5.97 Å². The number of amides is 1. The number of benzene rings is 1. The molecular formula is C9H7NO4. The Kier molecular flexibility index (Phi) is 1.85. The highest BCUT2D eigenvalue weighted by Gasteiger charge is 2.33. The zero-order chi connectivity index (χ0) is 10.1. The molecule has 0 fully saturated rings. The van der Waals surface area contributed by atoms with Gasteiger partial charge in [0.15, 0.2) is 0 Å². The second-order valence-corrected chi connectivity index (χ2v) is 2.82. The summed E-state index contributed by atoms with van der Waals surface area (Å²) in [5.74, 6) is -1.58. The van der Waals surface area contributed by atoms with Crippen LogP contribution in [0, 0.1) is 0 Å². The number of aliphatic carboxylic acids is 1. The van der Waals surface area contributed by atoms with Crippen LogP contribution < -0.4 is 10.1 Å². The van der Waals surface area contributed by atoms with E-state index in [1.165, 1.54) is 0 Å². The summed E-state index contributed by atoms with van der Waals surface area (Å²) in [7, 11) is 0. The van der Waals surface area contributed by atoms with E-state index >= 15 is 0 Å². The third-order valence-electron chi connectivity index (χ3n) is 1.85. The fraction of sp³-hybridized carbons (Fsp3) is 0.111. The molecule has 5 nitrogen and oxygen atoms in total. The van der Waals surface area contributed by atoms with Crippen LogP contribution in [0.5, 0.6) is 5.75 Å². The molecule has 2 rings (SSSR count). The van der Waals surface area contributed by atoms with Gasteiger partial charge in [0, 0.05) is 0 Å². The Labute approximate surface area is 79.3 Å². The van der Waals surface area contributed by atoms with Crippen molar-refractivity contribution in [3.8, 4) is 5.75 Å². The molecule has 0 bridgehead atoms. The molecule has 0 spiro atoms. The summed E-state index contributed by atoms with van der Waals surface area (Å²) in [5.41, 5.74) is 0.495. The van der Waals surface area contributed by atoms with Crippen molar-refractivity contribution in [2.45, 2.75) is 6.10 Å². The lowest BCUT2D eigenvalue weighted by Crippen LogP contribution is -2.42. The van der Waals surface area contributed by atoms with E-state index < -0.39 is 18.0 Å². The first-order valence-corrected chi connectivity index (χ1v) is 3.98.